The van der Waals surface area contributed by atoms with Gasteiger partial charge in [-0.2, -0.15) is 0 Å². The summed E-state index contributed by atoms with van der Waals surface area (Å²) in [7, 11) is 0. The molecular formula is C12H15NO2. The van der Waals surface area contributed by atoms with Gasteiger partial charge in [0.2, 0.25) is 0 Å². The lowest BCUT2D eigenvalue weighted by Gasteiger charge is -2.19. The van der Waals surface area contributed by atoms with Gasteiger partial charge in [0.25, 0.3) is 0 Å². The van der Waals surface area contributed by atoms with Gasteiger partial charge >= 0.3 is 0 Å². The Morgan fingerprint density at radius 3 is 2.53 bits per heavy atom. The molecule has 0 saturated heterocycles. The van der Waals surface area contributed by atoms with Crippen molar-refractivity contribution in [3.63, 3.8) is 0 Å². The van der Waals surface area contributed by atoms with Gasteiger partial charge in [0.15, 0.2) is 11.5 Å². The Kier molecular flexibility index (Phi) is 3.23. The molecule has 0 radical (unpaired) electrons. The van der Waals surface area contributed by atoms with Crippen LogP contribution in [0.2, 0.25) is 0 Å². The van der Waals surface area contributed by atoms with Crippen molar-refractivity contribution in [3.8, 4) is 23.8 Å². The fraction of sp³-hybridized carbons (Fsp3) is 0.333. The Balaban J connectivity index is 2.67. The fourth-order valence-electron chi connectivity index (χ4n) is 1.05. The highest BCUT2D eigenvalue weighted by Gasteiger charge is 2.12. The number of rotatable bonds is 3. The van der Waals surface area contributed by atoms with E-state index in [1.165, 1.54) is 12.1 Å². The standard InChI is InChI=1S/C12H15NO2/c1-4-12(2,3)13-8-9-5-6-10(14)11(15)7-9/h1,5-7,13-15H,8H2,2-3H3. The maximum absolute atomic E-state index is 9.27. The van der Waals surface area contributed by atoms with Crippen LogP contribution in [0.15, 0.2) is 18.2 Å². The molecule has 0 unspecified atom stereocenters. The molecule has 3 heteroatoms. The third kappa shape index (κ3) is 3.19. The van der Waals surface area contributed by atoms with E-state index >= 15 is 0 Å². The fourth-order valence-corrected chi connectivity index (χ4v) is 1.05. The van der Waals surface area contributed by atoms with Gasteiger partial charge in [-0.1, -0.05) is 12.0 Å². The van der Waals surface area contributed by atoms with E-state index in [9.17, 15) is 5.11 Å². The lowest BCUT2D eigenvalue weighted by molar-refractivity contribution is 0.402. The van der Waals surface area contributed by atoms with Crippen LogP contribution in [-0.4, -0.2) is 15.8 Å². The second-order valence-corrected chi connectivity index (χ2v) is 3.95. The van der Waals surface area contributed by atoms with Crippen molar-refractivity contribution in [2.75, 3.05) is 0 Å². The number of terminal acetylenes is 1. The molecule has 3 nitrogen and oxygen atoms in total. The topological polar surface area (TPSA) is 52.5 Å². The van der Waals surface area contributed by atoms with Crippen molar-refractivity contribution in [1.29, 1.82) is 0 Å². The number of phenols is 2. The summed E-state index contributed by atoms with van der Waals surface area (Å²) in [4.78, 5) is 0. The van der Waals surface area contributed by atoms with E-state index < -0.39 is 0 Å². The van der Waals surface area contributed by atoms with Crippen LogP contribution in [0, 0.1) is 12.3 Å². The molecule has 0 aliphatic carbocycles. The molecule has 0 aliphatic rings. The smallest absolute Gasteiger partial charge is 0.157 e. The normalized spacial score (nSPS) is 11.0. The van der Waals surface area contributed by atoms with Crippen LogP contribution in [0.25, 0.3) is 0 Å². The van der Waals surface area contributed by atoms with Crippen molar-refractivity contribution < 1.29 is 10.2 Å². The van der Waals surface area contributed by atoms with Crippen molar-refractivity contribution in [2.45, 2.75) is 25.9 Å². The maximum atomic E-state index is 9.27. The van der Waals surface area contributed by atoms with Crippen molar-refractivity contribution in [1.82, 2.24) is 5.32 Å². The van der Waals surface area contributed by atoms with Gasteiger partial charge in [-0.05, 0) is 31.5 Å². The molecule has 1 aromatic carbocycles. The number of hydrogen-bond acceptors (Lipinski definition) is 3. The Labute approximate surface area is 89.8 Å². The van der Waals surface area contributed by atoms with E-state index in [-0.39, 0.29) is 17.0 Å². The van der Waals surface area contributed by atoms with E-state index in [4.69, 9.17) is 11.5 Å². The summed E-state index contributed by atoms with van der Waals surface area (Å²) in [6.07, 6.45) is 5.32. The van der Waals surface area contributed by atoms with E-state index in [0.29, 0.717) is 6.54 Å². The van der Waals surface area contributed by atoms with Crippen LogP contribution in [0.3, 0.4) is 0 Å². The summed E-state index contributed by atoms with van der Waals surface area (Å²) >= 11 is 0. The Morgan fingerprint density at radius 1 is 1.33 bits per heavy atom. The number of benzene rings is 1. The van der Waals surface area contributed by atoms with E-state index in [1.807, 2.05) is 13.8 Å². The van der Waals surface area contributed by atoms with Crippen LogP contribution in [0.5, 0.6) is 11.5 Å². The SMILES string of the molecule is C#CC(C)(C)NCc1ccc(O)c(O)c1. The molecule has 0 spiro atoms. The minimum atomic E-state index is -0.381. The van der Waals surface area contributed by atoms with E-state index in [0.717, 1.165) is 5.56 Å². The van der Waals surface area contributed by atoms with Gasteiger partial charge < -0.3 is 10.2 Å². The number of phenolic OH excluding ortho intramolecular Hbond substituents is 2. The van der Waals surface area contributed by atoms with Gasteiger partial charge in [-0.3, -0.25) is 5.32 Å². The second-order valence-electron chi connectivity index (χ2n) is 3.95. The zero-order valence-corrected chi connectivity index (χ0v) is 8.91. The van der Waals surface area contributed by atoms with Crippen LogP contribution < -0.4 is 5.32 Å². The first-order chi connectivity index (χ1) is 6.94. The predicted octanol–water partition coefficient (Wildman–Crippen LogP) is 1.60. The summed E-state index contributed by atoms with van der Waals surface area (Å²) < 4.78 is 0. The molecule has 3 N–H and O–H groups in total. The summed E-state index contributed by atoms with van der Waals surface area (Å²) in [5, 5.41) is 21.5. The first-order valence-electron chi connectivity index (χ1n) is 4.68. The number of nitrogens with one attached hydrogen (secondary N) is 1. The van der Waals surface area contributed by atoms with Crippen LogP contribution in [0.1, 0.15) is 19.4 Å². The van der Waals surface area contributed by atoms with Crippen LogP contribution >= 0.6 is 0 Å². The minimum absolute atomic E-state index is 0.116. The summed E-state index contributed by atoms with van der Waals surface area (Å²) in [5.41, 5.74) is 0.488. The molecule has 0 fully saturated rings. The maximum Gasteiger partial charge on any atom is 0.157 e. The predicted molar refractivity (Wildman–Crippen MR) is 59.5 cm³/mol. The third-order valence-corrected chi connectivity index (χ3v) is 2.14. The lowest BCUT2D eigenvalue weighted by atomic mass is 10.1. The van der Waals surface area contributed by atoms with Crippen molar-refractivity contribution >= 4 is 0 Å². The molecule has 0 amide bonds. The highest BCUT2D eigenvalue weighted by molar-refractivity contribution is 5.40. The first kappa shape index (κ1) is 11.4. The largest absolute Gasteiger partial charge is 0.504 e. The molecule has 0 bridgehead atoms. The average molecular weight is 205 g/mol. The van der Waals surface area contributed by atoms with Gasteiger partial charge in [0.1, 0.15) is 0 Å². The summed E-state index contributed by atoms with van der Waals surface area (Å²) in [6, 6.07) is 4.69. The number of aromatic hydroxyl groups is 2. The minimum Gasteiger partial charge on any atom is -0.504 e. The molecule has 1 rings (SSSR count). The Hall–Kier alpha value is -1.66. The van der Waals surface area contributed by atoms with Gasteiger partial charge in [-0.25, -0.2) is 0 Å². The Bertz CT molecular complexity index is 391. The lowest BCUT2D eigenvalue weighted by Crippen LogP contribution is -2.36. The van der Waals surface area contributed by atoms with Crippen molar-refractivity contribution in [2.24, 2.45) is 0 Å². The first-order valence-corrected chi connectivity index (χ1v) is 4.68. The zero-order valence-electron chi connectivity index (χ0n) is 8.91. The third-order valence-electron chi connectivity index (χ3n) is 2.14. The molecule has 0 aromatic heterocycles. The highest BCUT2D eigenvalue weighted by Crippen LogP contribution is 2.24. The highest BCUT2D eigenvalue weighted by atomic mass is 16.3. The van der Waals surface area contributed by atoms with Crippen LogP contribution in [-0.2, 0) is 6.54 Å². The molecule has 15 heavy (non-hydrogen) atoms. The molecule has 0 saturated carbocycles. The molecule has 0 aliphatic heterocycles. The molecule has 80 valence electrons. The van der Waals surface area contributed by atoms with Crippen molar-refractivity contribution in [3.05, 3.63) is 23.8 Å². The zero-order chi connectivity index (χ0) is 11.5. The summed E-state index contributed by atoms with van der Waals surface area (Å²) in [6.45, 7) is 4.34. The quantitative estimate of drug-likeness (QED) is 0.519. The molecule has 0 atom stereocenters. The van der Waals surface area contributed by atoms with E-state index in [2.05, 4.69) is 11.2 Å². The van der Waals surface area contributed by atoms with E-state index in [1.54, 1.807) is 6.07 Å². The van der Waals surface area contributed by atoms with Gasteiger partial charge in [-0.15, -0.1) is 6.42 Å². The molecule has 1 aromatic rings. The second kappa shape index (κ2) is 4.24. The monoisotopic (exact) mass is 205 g/mol. The number of hydrogen-bond donors (Lipinski definition) is 3. The molecule has 0 heterocycles. The Morgan fingerprint density at radius 2 is 2.00 bits per heavy atom. The molecular weight excluding hydrogens is 190 g/mol. The average Bonchev–Trinajstić information content (AvgIpc) is 2.20. The summed E-state index contributed by atoms with van der Waals surface area (Å²) in [5.74, 6) is 2.38. The van der Waals surface area contributed by atoms with Crippen LogP contribution in [0.4, 0.5) is 0 Å². The van der Waals surface area contributed by atoms with Gasteiger partial charge in [0.05, 0.1) is 5.54 Å². The van der Waals surface area contributed by atoms with Gasteiger partial charge in [0, 0.05) is 6.54 Å².